The van der Waals surface area contributed by atoms with Crippen molar-refractivity contribution in [3.8, 4) is 5.75 Å². The van der Waals surface area contributed by atoms with Crippen LogP contribution in [-0.4, -0.2) is 18.1 Å². The zero-order valence-corrected chi connectivity index (χ0v) is 10.6. The van der Waals surface area contributed by atoms with Gasteiger partial charge in [0.15, 0.2) is 0 Å². The number of para-hydroxylation sites is 1. The second kappa shape index (κ2) is 5.53. The molecule has 0 saturated carbocycles. The molecule has 0 bridgehead atoms. The number of hydrogen-bond donors (Lipinski definition) is 1. The van der Waals surface area contributed by atoms with E-state index in [0.717, 1.165) is 0 Å². The fourth-order valence-electron chi connectivity index (χ4n) is 1.33. The third-order valence-electron chi connectivity index (χ3n) is 1.95. The van der Waals surface area contributed by atoms with Crippen molar-refractivity contribution in [3.05, 3.63) is 42.5 Å². The van der Waals surface area contributed by atoms with E-state index in [4.69, 9.17) is 4.74 Å². The Morgan fingerprint density at radius 2 is 2.06 bits per heavy atom. The number of carbonyl (C=O) groups excluding carboxylic acids is 1. The number of amides is 1. The molecule has 0 aliphatic heterocycles. The molecule has 0 heterocycles. The highest BCUT2D eigenvalue weighted by Crippen LogP contribution is 2.22. The Hall–Kier alpha value is -1.77. The van der Waals surface area contributed by atoms with Gasteiger partial charge in [-0.25, -0.2) is 0 Å². The quantitative estimate of drug-likeness (QED) is 0.812. The smallest absolute Gasteiger partial charge is 0.255 e. The zero-order valence-electron chi connectivity index (χ0n) is 10.6. The van der Waals surface area contributed by atoms with E-state index in [1.807, 2.05) is 32.9 Å². The van der Waals surface area contributed by atoms with E-state index in [2.05, 4.69) is 11.9 Å². The second-order valence-electron chi connectivity index (χ2n) is 4.71. The highest BCUT2D eigenvalue weighted by Gasteiger charge is 2.17. The predicted octanol–water partition coefficient (Wildman–Crippen LogP) is 2.78. The monoisotopic (exact) mass is 233 g/mol. The number of rotatable bonds is 4. The Bertz CT molecular complexity index is 405. The molecule has 0 unspecified atom stereocenters. The first-order valence-electron chi connectivity index (χ1n) is 5.61. The van der Waals surface area contributed by atoms with Crippen LogP contribution in [0.25, 0.3) is 0 Å². The second-order valence-corrected chi connectivity index (χ2v) is 4.71. The zero-order chi connectivity index (χ0) is 12.9. The minimum atomic E-state index is -0.325. The van der Waals surface area contributed by atoms with Gasteiger partial charge >= 0.3 is 0 Å². The molecule has 3 nitrogen and oxygen atoms in total. The molecule has 1 aromatic carbocycles. The summed E-state index contributed by atoms with van der Waals surface area (Å²) in [6.07, 6.45) is 1.64. The number of ether oxygens (including phenoxy) is 1. The summed E-state index contributed by atoms with van der Waals surface area (Å²) in [5, 5.41) is 2.74. The maximum absolute atomic E-state index is 11.9. The Morgan fingerprint density at radius 1 is 1.41 bits per heavy atom. The summed E-state index contributed by atoms with van der Waals surface area (Å²) in [6, 6.07) is 7.22. The molecule has 1 N–H and O–H groups in total. The molecule has 0 atom stereocenters. The van der Waals surface area contributed by atoms with Crippen molar-refractivity contribution in [1.29, 1.82) is 0 Å². The fraction of sp³-hybridized carbons (Fsp3) is 0.357. The first-order chi connectivity index (χ1) is 7.94. The molecule has 1 aromatic rings. The molecule has 0 saturated heterocycles. The molecule has 92 valence electrons. The molecule has 0 aliphatic rings. The van der Waals surface area contributed by atoms with Gasteiger partial charge in [0.2, 0.25) is 0 Å². The fourth-order valence-corrected chi connectivity index (χ4v) is 1.33. The standard InChI is InChI=1S/C14H19NO2/c1-5-10-15-13(16)11-8-6-7-9-12(11)17-14(2,3)4/h5-9H,1,10H2,2-4H3,(H,15,16). The molecule has 17 heavy (non-hydrogen) atoms. The minimum Gasteiger partial charge on any atom is -0.487 e. The largest absolute Gasteiger partial charge is 0.487 e. The van der Waals surface area contributed by atoms with E-state index < -0.39 is 0 Å². The van der Waals surface area contributed by atoms with Gasteiger partial charge in [0, 0.05) is 6.54 Å². The van der Waals surface area contributed by atoms with E-state index in [-0.39, 0.29) is 11.5 Å². The van der Waals surface area contributed by atoms with Crippen LogP contribution in [0.5, 0.6) is 5.75 Å². The Balaban J connectivity index is 2.91. The highest BCUT2D eigenvalue weighted by atomic mass is 16.5. The molecular formula is C14H19NO2. The Kier molecular flexibility index (Phi) is 4.32. The molecule has 3 heteroatoms. The third kappa shape index (κ3) is 4.31. The molecular weight excluding hydrogens is 214 g/mol. The number of hydrogen-bond acceptors (Lipinski definition) is 2. The van der Waals surface area contributed by atoms with Crippen molar-refractivity contribution in [2.24, 2.45) is 0 Å². The normalized spacial score (nSPS) is 10.8. The van der Waals surface area contributed by atoms with E-state index in [1.165, 1.54) is 0 Å². The lowest BCUT2D eigenvalue weighted by atomic mass is 10.1. The number of nitrogens with one attached hydrogen (secondary N) is 1. The molecule has 0 spiro atoms. The summed E-state index contributed by atoms with van der Waals surface area (Å²) in [5.41, 5.74) is 0.221. The Morgan fingerprint density at radius 3 is 2.65 bits per heavy atom. The van der Waals surface area contributed by atoms with Crippen LogP contribution in [0.4, 0.5) is 0 Å². The van der Waals surface area contributed by atoms with Gasteiger partial charge in [-0.1, -0.05) is 18.2 Å². The van der Waals surface area contributed by atoms with Crippen molar-refractivity contribution in [2.75, 3.05) is 6.54 Å². The van der Waals surface area contributed by atoms with Crippen LogP contribution in [0.3, 0.4) is 0 Å². The first-order valence-corrected chi connectivity index (χ1v) is 5.61. The van der Waals surface area contributed by atoms with Crippen LogP contribution in [0, 0.1) is 0 Å². The van der Waals surface area contributed by atoms with Crippen molar-refractivity contribution >= 4 is 5.91 Å². The van der Waals surface area contributed by atoms with Crippen LogP contribution in [0.15, 0.2) is 36.9 Å². The summed E-state index contributed by atoms with van der Waals surface area (Å²) in [4.78, 5) is 11.9. The van der Waals surface area contributed by atoms with Crippen LogP contribution >= 0.6 is 0 Å². The van der Waals surface area contributed by atoms with Crippen LogP contribution in [0.1, 0.15) is 31.1 Å². The third-order valence-corrected chi connectivity index (χ3v) is 1.95. The van der Waals surface area contributed by atoms with Gasteiger partial charge in [-0.05, 0) is 32.9 Å². The van der Waals surface area contributed by atoms with Gasteiger partial charge in [-0.2, -0.15) is 0 Å². The predicted molar refractivity (Wildman–Crippen MR) is 69.4 cm³/mol. The van der Waals surface area contributed by atoms with Crippen LogP contribution in [0.2, 0.25) is 0 Å². The van der Waals surface area contributed by atoms with E-state index in [0.29, 0.717) is 17.9 Å². The van der Waals surface area contributed by atoms with Crippen LogP contribution < -0.4 is 10.1 Å². The van der Waals surface area contributed by atoms with Gasteiger partial charge in [0.25, 0.3) is 5.91 Å². The number of benzene rings is 1. The van der Waals surface area contributed by atoms with E-state index >= 15 is 0 Å². The van der Waals surface area contributed by atoms with Crippen LogP contribution in [-0.2, 0) is 0 Å². The average Bonchev–Trinajstić information content (AvgIpc) is 2.24. The molecule has 0 aliphatic carbocycles. The summed E-state index contributed by atoms with van der Waals surface area (Å²) >= 11 is 0. The van der Waals surface area contributed by atoms with Crippen molar-refractivity contribution < 1.29 is 9.53 Å². The summed E-state index contributed by atoms with van der Waals surface area (Å²) in [7, 11) is 0. The molecule has 0 fully saturated rings. The molecule has 0 radical (unpaired) electrons. The molecule has 1 amide bonds. The van der Waals surface area contributed by atoms with Gasteiger partial charge in [-0.15, -0.1) is 6.58 Å². The first kappa shape index (κ1) is 13.3. The topological polar surface area (TPSA) is 38.3 Å². The van der Waals surface area contributed by atoms with Gasteiger partial charge in [0.1, 0.15) is 11.4 Å². The maximum Gasteiger partial charge on any atom is 0.255 e. The van der Waals surface area contributed by atoms with Gasteiger partial charge < -0.3 is 10.1 Å². The summed E-state index contributed by atoms with van der Waals surface area (Å²) in [5.74, 6) is 0.450. The summed E-state index contributed by atoms with van der Waals surface area (Å²) < 4.78 is 5.75. The van der Waals surface area contributed by atoms with Crippen molar-refractivity contribution in [3.63, 3.8) is 0 Å². The highest BCUT2D eigenvalue weighted by molar-refractivity contribution is 5.96. The van der Waals surface area contributed by atoms with Gasteiger partial charge in [0.05, 0.1) is 5.56 Å². The molecule has 0 aromatic heterocycles. The van der Waals surface area contributed by atoms with E-state index in [1.54, 1.807) is 18.2 Å². The summed E-state index contributed by atoms with van der Waals surface area (Å²) in [6.45, 7) is 9.86. The molecule has 1 rings (SSSR count). The van der Waals surface area contributed by atoms with Gasteiger partial charge in [-0.3, -0.25) is 4.79 Å². The average molecular weight is 233 g/mol. The van der Waals surface area contributed by atoms with Crippen molar-refractivity contribution in [1.82, 2.24) is 5.32 Å². The SMILES string of the molecule is C=CCNC(=O)c1ccccc1OC(C)(C)C. The van der Waals surface area contributed by atoms with E-state index in [9.17, 15) is 4.79 Å². The lowest BCUT2D eigenvalue weighted by Gasteiger charge is -2.22. The lowest BCUT2D eigenvalue weighted by molar-refractivity contribution is 0.0937. The lowest BCUT2D eigenvalue weighted by Crippen LogP contribution is -2.27. The van der Waals surface area contributed by atoms with Crippen molar-refractivity contribution in [2.45, 2.75) is 26.4 Å². The minimum absolute atomic E-state index is 0.148. The Labute approximate surface area is 102 Å². The number of carbonyl (C=O) groups is 1. The maximum atomic E-state index is 11.9.